The maximum Gasteiger partial charge on any atom is 0.261 e. The number of amides is 1. The lowest BCUT2D eigenvalue weighted by Crippen LogP contribution is -2.40. The van der Waals surface area contributed by atoms with Gasteiger partial charge < -0.3 is 5.32 Å². The van der Waals surface area contributed by atoms with Crippen molar-refractivity contribution in [1.82, 2.24) is 29.7 Å². The van der Waals surface area contributed by atoms with Crippen LogP contribution in [0.3, 0.4) is 0 Å². The Balaban J connectivity index is 1.42. The van der Waals surface area contributed by atoms with E-state index >= 15 is 0 Å². The van der Waals surface area contributed by atoms with Crippen LogP contribution < -0.4 is 5.32 Å². The van der Waals surface area contributed by atoms with E-state index in [0.29, 0.717) is 5.92 Å². The molecule has 1 aliphatic carbocycles. The Labute approximate surface area is 185 Å². The highest BCUT2D eigenvalue weighted by atomic mass is 32.1. The summed E-state index contributed by atoms with van der Waals surface area (Å²) < 4.78 is 3.56. The van der Waals surface area contributed by atoms with Crippen LogP contribution in [0.5, 0.6) is 0 Å². The van der Waals surface area contributed by atoms with Gasteiger partial charge in [-0.25, -0.2) is 9.50 Å². The summed E-state index contributed by atoms with van der Waals surface area (Å²) in [6, 6.07) is 2.26. The van der Waals surface area contributed by atoms with Gasteiger partial charge in [0.2, 0.25) is 0 Å². The number of fused-ring (bicyclic) bond motifs is 1. The summed E-state index contributed by atoms with van der Waals surface area (Å²) in [5.41, 5.74) is 4.69. The molecule has 2 atom stereocenters. The SMILES string of the molecule is Cc1sc(C(=O)N[C@@H]2CCCC[C@@H]2C)cc1-c1cnn2cc(-c3cnn(C)c3)cnc12. The minimum absolute atomic E-state index is 0.0291. The first-order valence-corrected chi connectivity index (χ1v) is 11.6. The predicted octanol–water partition coefficient (Wildman–Crippen LogP) is 4.48. The number of thiophene rings is 1. The first-order chi connectivity index (χ1) is 15.0. The quantitative estimate of drug-likeness (QED) is 0.514. The topological polar surface area (TPSA) is 77.1 Å². The van der Waals surface area contributed by atoms with E-state index in [-0.39, 0.29) is 11.9 Å². The molecule has 0 saturated heterocycles. The molecule has 7 nitrogen and oxygen atoms in total. The number of carbonyl (C=O) groups excluding carboxylic acids is 1. The molecule has 0 aromatic carbocycles. The molecule has 4 heterocycles. The molecule has 1 N–H and O–H groups in total. The van der Waals surface area contributed by atoms with Crippen molar-refractivity contribution in [2.24, 2.45) is 13.0 Å². The van der Waals surface area contributed by atoms with Gasteiger partial charge in [0.15, 0.2) is 5.65 Å². The number of nitrogens with one attached hydrogen (secondary N) is 1. The number of hydrogen-bond donors (Lipinski definition) is 1. The molecule has 1 saturated carbocycles. The van der Waals surface area contributed by atoms with Crippen molar-refractivity contribution in [3.05, 3.63) is 46.8 Å². The van der Waals surface area contributed by atoms with Crippen molar-refractivity contribution >= 4 is 22.9 Å². The highest BCUT2D eigenvalue weighted by molar-refractivity contribution is 7.14. The van der Waals surface area contributed by atoms with Gasteiger partial charge >= 0.3 is 0 Å². The van der Waals surface area contributed by atoms with Crippen molar-refractivity contribution in [2.45, 2.75) is 45.6 Å². The first-order valence-electron chi connectivity index (χ1n) is 10.7. The zero-order valence-electron chi connectivity index (χ0n) is 18.0. The standard InChI is InChI=1S/C23H26N6OS/c1-14-6-4-5-7-20(14)27-23(30)21-8-18(15(2)31-21)19-11-26-29-13-16(9-24-22(19)29)17-10-25-28(3)12-17/h8-14,20H,4-7H2,1-3H3,(H,27,30)/t14-,20+/m0/s1. The Bertz CT molecular complexity index is 1250. The zero-order chi connectivity index (χ0) is 21.5. The molecule has 0 unspecified atom stereocenters. The third kappa shape index (κ3) is 3.76. The number of rotatable bonds is 4. The van der Waals surface area contributed by atoms with Gasteiger partial charge in [-0.05, 0) is 31.7 Å². The van der Waals surface area contributed by atoms with E-state index in [1.807, 2.05) is 51.0 Å². The van der Waals surface area contributed by atoms with Gasteiger partial charge in [0, 0.05) is 58.8 Å². The Hall–Kier alpha value is -3.00. The minimum Gasteiger partial charge on any atom is -0.348 e. The van der Waals surface area contributed by atoms with Crippen LogP contribution in [-0.4, -0.2) is 36.3 Å². The molecule has 8 heteroatoms. The zero-order valence-corrected chi connectivity index (χ0v) is 18.8. The summed E-state index contributed by atoms with van der Waals surface area (Å²) in [6.45, 7) is 4.28. The summed E-state index contributed by atoms with van der Waals surface area (Å²) in [7, 11) is 1.89. The summed E-state index contributed by atoms with van der Waals surface area (Å²) >= 11 is 1.53. The van der Waals surface area contributed by atoms with E-state index in [1.165, 1.54) is 30.6 Å². The second kappa shape index (κ2) is 7.92. The maximum atomic E-state index is 12.9. The van der Waals surface area contributed by atoms with Crippen LogP contribution in [-0.2, 0) is 7.05 Å². The molecule has 0 spiro atoms. The third-order valence-corrected chi connectivity index (χ3v) is 7.30. The molecule has 4 aromatic rings. The largest absolute Gasteiger partial charge is 0.348 e. The van der Waals surface area contributed by atoms with Crippen LogP contribution in [0.1, 0.15) is 47.2 Å². The minimum atomic E-state index is 0.0291. The molecule has 4 aromatic heterocycles. The van der Waals surface area contributed by atoms with Crippen molar-refractivity contribution in [3.8, 4) is 22.3 Å². The summed E-state index contributed by atoms with van der Waals surface area (Å²) in [5.74, 6) is 0.567. The van der Waals surface area contributed by atoms with Gasteiger partial charge in [-0.3, -0.25) is 9.48 Å². The maximum absolute atomic E-state index is 12.9. The molecule has 160 valence electrons. The molecule has 0 aliphatic heterocycles. The number of hydrogen-bond acceptors (Lipinski definition) is 5. The third-order valence-electron chi connectivity index (χ3n) is 6.25. The number of aryl methyl sites for hydroxylation is 2. The molecule has 31 heavy (non-hydrogen) atoms. The summed E-state index contributed by atoms with van der Waals surface area (Å²) in [5, 5.41) is 12.0. The second-order valence-corrected chi connectivity index (χ2v) is 9.75. The molecule has 1 amide bonds. The fraction of sp³-hybridized carbons (Fsp3) is 0.391. The second-order valence-electron chi connectivity index (χ2n) is 8.49. The van der Waals surface area contributed by atoms with Crippen LogP contribution >= 0.6 is 11.3 Å². The van der Waals surface area contributed by atoms with E-state index in [9.17, 15) is 4.79 Å². The van der Waals surface area contributed by atoms with E-state index < -0.39 is 0 Å². The average Bonchev–Trinajstić information content (AvgIpc) is 3.47. The van der Waals surface area contributed by atoms with Crippen molar-refractivity contribution < 1.29 is 4.79 Å². The van der Waals surface area contributed by atoms with Crippen LogP contribution in [0.2, 0.25) is 0 Å². The Morgan fingerprint density at radius 2 is 1.90 bits per heavy atom. The molecular formula is C23H26N6OS. The Kier molecular flexibility index (Phi) is 5.09. The highest BCUT2D eigenvalue weighted by Gasteiger charge is 2.25. The van der Waals surface area contributed by atoms with E-state index in [2.05, 4.69) is 27.4 Å². The van der Waals surface area contributed by atoms with Gasteiger partial charge in [0.1, 0.15) is 0 Å². The van der Waals surface area contributed by atoms with Crippen molar-refractivity contribution in [3.63, 3.8) is 0 Å². The van der Waals surface area contributed by atoms with Gasteiger partial charge in [0.05, 0.1) is 17.3 Å². The molecule has 0 bridgehead atoms. The van der Waals surface area contributed by atoms with E-state index in [1.54, 1.807) is 9.20 Å². The number of nitrogens with zero attached hydrogens (tertiary/aromatic N) is 5. The lowest BCUT2D eigenvalue weighted by Gasteiger charge is -2.29. The van der Waals surface area contributed by atoms with Gasteiger partial charge in [-0.15, -0.1) is 11.3 Å². The molecule has 1 aliphatic rings. The fourth-order valence-electron chi connectivity index (χ4n) is 4.42. The van der Waals surface area contributed by atoms with Gasteiger partial charge in [-0.2, -0.15) is 10.2 Å². The van der Waals surface area contributed by atoms with E-state index in [0.717, 1.165) is 44.1 Å². The monoisotopic (exact) mass is 434 g/mol. The summed E-state index contributed by atoms with van der Waals surface area (Å²) in [4.78, 5) is 19.4. The number of aromatic nitrogens is 5. The highest BCUT2D eigenvalue weighted by Crippen LogP contribution is 2.34. The van der Waals surface area contributed by atoms with Gasteiger partial charge in [0.25, 0.3) is 5.91 Å². The van der Waals surface area contributed by atoms with Crippen LogP contribution in [0.15, 0.2) is 37.1 Å². The number of carbonyl (C=O) groups is 1. The molecule has 0 radical (unpaired) electrons. The smallest absolute Gasteiger partial charge is 0.261 e. The molecular weight excluding hydrogens is 408 g/mol. The molecule has 1 fully saturated rings. The molecule has 5 rings (SSSR count). The lowest BCUT2D eigenvalue weighted by molar-refractivity contribution is 0.0914. The lowest BCUT2D eigenvalue weighted by atomic mass is 9.86. The summed E-state index contributed by atoms with van der Waals surface area (Å²) in [6.07, 6.45) is 14.1. The van der Waals surface area contributed by atoms with Crippen molar-refractivity contribution in [1.29, 1.82) is 0 Å². The fourth-order valence-corrected chi connectivity index (χ4v) is 5.35. The normalized spacial score (nSPS) is 19.1. The average molecular weight is 435 g/mol. The first kappa shape index (κ1) is 19.9. The van der Waals surface area contributed by atoms with E-state index in [4.69, 9.17) is 0 Å². The predicted molar refractivity (Wildman–Crippen MR) is 122 cm³/mol. The van der Waals surface area contributed by atoms with Crippen LogP contribution in [0.25, 0.3) is 27.9 Å². The van der Waals surface area contributed by atoms with Crippen LogP contribution in [0, 0.1) is 12.8 Å². The van der Waals surface area contributed by atoms with Crippen LogP contribution in [0.4, 0.5) is 0 Å². The Morgan fingerprint density at radius 3 is 2.68 bits per heavy atom. The van der Waals surface area contributed by atoms with Gasteiger partial charge in [-0.1, -0.05) is 19.8 Å². The van der Waals surface area contributed by atoms with Crippen molar-refractivity contribution in [2.75, 3.05) is 0 Å². The Morgan fingerprint density at radius 1 is 1.10 bits per heavy atom.